The van der Waals surface area contributed by atoms with E-state index in [1.807, 2.05) is 0 Å². The molecule has 1 saturated heterocycles. The second-order valence-electron chi connectivity index (χ2n) is 7.92. The van der Waals surface area contributed by atoms with Crippen molar-refractivity contribution in [2.24, 2.45) is 0 Å². The Labute approximate surface area is 207 Å². The van der Waals surface area contributed by atoms with Gasteiger partial charge in [-0.25, -0.2) is 14.1 Å². The van der Waals surface area contributed by atoms with Gasteiger partial charge in [-0.2, -0.15) is 0 Å². The molecular weight excluding hydrogens is 471 g/mol. The van der Waals surface area contributed by atoms with Crippen LogP contribution in [0.5, 0.6) is 5.75 Å². The molecule has 4 amide bonds. The van der Waals surface area contributed by atoms with E-state index in [0.29, 0.717) is 45.3 Å². The fourth-order valence-corrected chi connectivity index (χ4v) is 4.15. The molecule has 1 N–H and O–H groups in total. The lowest BCUT2D eigenvalue weighted by Gasteiger charge is -2.27. The number of hydrogen-bond acceptors (Lipinski definition) is 4. The number of urea groups is 1. The molecule has 0 spiro atoms. The van der Waals surface area contributed by atoms with Gasteiger partial charge in [-0.15, -0.1) is 0 Å². The van der Waals surface area contributed by atoms with E-state index in [1.54, 1.807) is 68.4 Å². The molecule has 6 nitrogen and oxygen atoms in total. The van der Waals surface area contributed by atoms with Crippen molar-refractivity contribution in [3.8, 4) is 5.75 Å². The van der Waals surface area contributed by atoms with Crippen LogP contribution in [-0.2, 0) is 16.0 Å². The fourth-order valence-electron chi connectivity index (χ4n) is 3.86. The molecule has 3 aromatic carbocycles. The molecular formula is C27H22ClFN2O4. The first kappa shape index (κ1) is 24.2. The summed E-state index contributed by atoms with van der Waals surface area (Å²) in [5, 5.41) is 2.51. The van der Waals surface area contributed by atoms with E-state index >= 15 is 0 Å². The van der Waals surface area contributed by atoms with Gasteiger partial charge in [-0.1, -0.05) is 48.0 Å². The molecule has 1 aliphatic rings. The van der Waals surface area contributed by atoms with Crippen LogP contribution in [0.3, 0.4) is 0 Å². The summed E-state index contributed by atoms with van der Waals surface area (Å²) in [6, 6.07) is 15.6. The third-order valence-electron chi connectivity index (χ3n) is 5.57. The highest BCUT2D eigenvalue weighted by Gasteiger charge is 2.37. The number of ether oxygens (including phenoxy) is 1. The van der Waals surface area contributed by atoms with Gasteiger partial charge in [-0.3, -0.25) is 14.9 Å². The first-order valence-electron chi connectivity index (χ1n) is 11.0. The van der Waals surface area contributed by atoms with Crippen LogP contribution in [0.1, 0.15) is 29.2 Å². The molecule has 0 atom stereocenters. The number of anilines is 1. The van der Waals surface area contributed by atoms with Crippen molar-refractivity contribution < 1.29 is 23.5 Å². The van der Waals surface area contributed by atoms with E-state index in [-0.39, 0.29) is 17.8 Å². The van der Waals surface area contributed by atoms with E-state index in [1.165, 1.54) is 12.1 Å². The van der Waals surface area contributed by atoms with Crippen molar-refractivity contribution in [3.63, 3.8) is 0 Å². The Kier molecular flexibility index (Phi) is 6.98. The van der Waals surface area contributed by atoms with Crippen LogP contribution in [0.25, 0.3) is 6.08 Å². The maximum absolute atomic E-state index is 14.2. The third-order valence-corrected chi connectivity index (χ3v) is 5.91. The Morgan fingerprint density at radius 2 is 1.77 bits per heavy atom. The van der Waals surface area contributed by atoms with Crippen molar-refractivity contribution in [1.82, 2.24) is 5.32 Å². The number of aryl methyl sites for hydroxylation is 1. The minimum atomic E-state index is -0.820. The summed E-state index contributed by atoms with van der Waals surface area (Å²) in [4.78, 5) is 39.2. The van der Waals surface area contributed by atoms with Gasteiger partial charge in [0, 0.05) is 17.0 Å². The SMILES string of the molecule is CCOc1cc(/C=C2\C(=O)NC(=O)N(c3ccccc3C)C2=O)cc(Cl)c1Cc1ccccc1F. The quantitative estimate of drug-likeness (QED) is 0.367. The van der Waals surface area contributed by atoms with Gasteiger partial charge < -0.3 is 4.74 Å². The predicted octanol–water partition coefficient (Wildman–Crippen LogP) is 5.44. The van der Waals surface area contributed by atoms with E-state index in [9.17, 15) is 18.8 Å². The van der Waals surface area contributed by atoms with Crippen molar-refractivity contribution >= 4 is 41.2 Å². The first-order valence-corrected chi connectivity index (χ1v) is 11.3. The number of halogens is 2. The zero-order chi connectivity index (χ0) is 25.1. The Morgan fingerprint density at radius 1 is 1.06 bits per heavy atom. The Bertz CT molecular complexity index is 1370. The largest absolute Gasteiger partial charge is 0.494 e. The van der Waals surface area contributed by atoms with Crippen LogP contribution in [0.15, 0.2) is 66.2 Å². The number of amides is 4. The van der Waals surface area contributed by atoms with Crippen LogP contribution >= 0.6 is 11.6 Å². The van der Waals surface area contributed by atoms with E-state index in [4.69, 9.17) is 16.3 Å². The molecule has 0 aromatic heterocycles. The summed E-state index contributed by atoms with van der Waals surface area (Å²) in [6.07, 6.45) is 1.56. The smallest absolute Gasteiger partial charge is 0.335 e. The number of rotatable bonds is 6. The Morgan fingerprint density at radius 3 is 2.49 bits per heavy atom. The zero-order valence-corrected chi connectivity index (χ0v) is 19.9. The van der Waals surface area contributed by atoms with Gasteiger partial charge in [0.25, 0.3) is 11.8 Å². The van der Waals surface area contributed by atoms with Crippen molar-refractivity contribution in [1.29, 1.82) is 0 Å². The maximum Gasteiger partial charge on any atom is 0.335 e. The zero-order valence-electron chi connectivity index (χ0n) is 19.1. The number of nitrogens with one attached hydrogen (secondary N) is 1. The number of carbonyl (C=O) groups is 3. The normalized spacial score (nSPS) is 14.9. The summed E-state index contributed by atoms with van der Waals surface area (Å²) in [5.41, 5.74) is 2.31. The lowest BCUT2D eigenvalue weighted by atomic mass is 10.00. The number of carbonyl (C=O) groups excluding carboxylic acids is 3. The molecule has 8 heteroatoms. The Hall–Kier alpha value is -3.97. The van der Waals surface area contributed by atoms with Gasteiger partial charge in [0.05, 0.1) is 12.3 Å². The van der Waals surface area contributed by atoms with Crippen molar-refractivity contribution in [2.45, 2.75) is 20.3 Å². The Balaban J connectivity index is 1.74. The molecule has 0 saturated carbocycles. The number of hydrogen-bond donors (Lipinski definition) is 1. The summed E-state index contributed by atoms with van der Waals surface area (Å²) < 4.78 is 20.0. The molecule has 3 aromatic rings. The molecule has 35 heavy (non-hydrogen) atoms. The second-order valence-corrected chi connectivity index (χ2v) is 8.33. The summed E-state index contributed by atoms with van der Waals surface area (Å²) in [6.45, 7) is 3.89. The minimum absolute atomic E-state index is 0.201. The van der Waals surface area contributed by atoms with Crippen LogP contribution < -0.4 is 15.0 Å². The third kappa shape index (κ3) is 4.95. The van der Waals surface area contributed by atoms with Gasteiger partial charge in [0.1, 0.15) is 17.1 Å². The van der Waals surface area contributed by atoms with Gasteiger partial charge in [-0.05, 0) is 60.9 Å². The highest BCUT2D eigenvalue weighted by Crippen LogP contribution is 2.33. The van der Waals surface area contributed by atoms with E-state index in [0.717, 1.165) is 4.90 Å². The predicted molar refractivity (Wildman–Crippen MR) is 132 cm³/mol. The lowest BCUT2D eigenvalue weighted by Crippen LogP contribution is -2.54. The molecule has 1 fully saturated rings. The fraction of sp³-hybridized carbons (Fsp3) is 0.148. The molecule has 178 valence electrons. The number of para-hydroxylation sites is 1. The van der Waals surface area contributed by atoms with Crippen LogP contribution in [-0.4, -0.2) is 24.5 Å². The average molecular weight is 493 g/mol. The maximum atomic E-state index is 14.2. The monoisotopic (exact) mass is 492 g/mol. The van der Waals surface area contributed by atoms with Gasteiger partial charge in [0.2, 0.25) is 0 Å². The molecule has 1 aliphatic heterocycles. The summed E-state index contributed by atoms with van der Waals surface area (Å²) in [7, 11) is 0. The van der Waals surface area contributed by atoms with Crippen LogP contribution in [0, 0.1) is 12.7 Å². The van der Waals surface area contributed by atoms with Crippen molar-refractivity contribution in [2.75, 3.05) is 11.5 Å². The number of barbiturate groups is 1. The molecule has 0 radical (unpaired) electrons. The molecule has 0 bridgehead atoms. The first-order chi connectivity index (χ1) is 16.8. The van der Waals surface area contributed by atoms with Crippen molar-refractivity contribution in [3.05, 3.63) is 99.3 Å². The standard InChI is InChI=1S/C27H22ClFN2O4/c1-3-35-24-14-17(13-21(28)19(24)15-18-9-5-6-10-22(18)29)12-20-25(32)30-27(34)31(26(20)33)23-11-7-4-8-16(23)2/h4-14H,3,15H2,1-2H3,(H,30,32,34)/b20-12+. The van der Waals surface area contributed by atoms with Gasteiger partial charge in [0.15, 0.2) is 0 Å². The van der Waals surface area contributed by atoms with E-state index < -0.39 is 17.8 Å². The molecule has 0 aliphatic carbocycles. The topological polar surface area (TPSA) is 75.7 Å². The second kappa shape index (κ2) is 10.1. The molecule has 4 rings (SSSR count). The summed E-state index contributed by atoms with van der Waals surface area (Å²) in [5.74, 6) is -1.51. The number of imide groups is 2. The minimum Gasteiger partial charge on any atom is -0.494 e. The average Bonchev–Trinajstić information content (AvgIpc) is 2.81. The molecule has 1 heterocycles. The van der Waals surface area contributed by atoms with Crippen LogP contribution in [0.2, 0.25) is 5.02 Å². The van der Waals surface area contributed by atoms with Crippen LogP contribution in [0.4, 0.5) is 14.9 Å². The van der Waals surface area contributed by atoms with Gasteiger partial charge >= 0.3 is 6.03 Å². The molecule has 0 unspecified atom stereocenters. The highest BCUT2D eigenvalue weighted by atomic mass is 35.5. The highest BCUT2D eigenvalue weighted by molar-refractivity contribution is 6.39. The van der Waals surface area contributed by atoms with E-state index in [2.05, 4.69) is 5.32 Å². The lowest BCUT2D eigenvalue weighted by molar-refractivity contribution is -0.122. The number of nitrogens with zero attached hydrogens (tertiary/aromatic N) is 1. The summed E-state index contributed by atoms with van der Waals surface area (Å²) >= 11 is 6.55. The number of benzene rings is 3.